The maximum atomic E-state index is 11.8. The van der Waals surface area contributed by atoms with Crippen LogP contribution in [0, 0.1) is 0 Å². The van der Waals surface area contributed by atoms with Crippen LogP contribution < -0.4 is 0 Å². The Balaban J connectivity index is 2.33. The third-order valence-electron chi connectivity index (χ3n) is 1.76. The molecule has 0 radical (unpaired) electrons. The molecule has 0 saturated heterocycles. The number of hydrogen-bond donors (Lipinski definition) is 0. The van der Waals surface area contributed by atoms with E-state index in [1.54, 1.807) is 36.3 Å². The lowest BCUT2D eigenvalue weighted by Gasteiger charge is -1.90. The molecule has 2 rings (SSSR count). The van der Waals surface area contributed by atoms with Gasteiger partial charge in [-0.2, -0.15) is 5.10 Å². The van der Waals surface area contributed by atoms with Gasteiger partial charge in [-0.3, -0.25) is 9.48 Å². The summed E-state index contributed by atoms with van der Waals surface area (Å²) in [5.74, 6) is -0.0324. The van der Waals surface area contributed by atoms with Gasteiger partial charge in [0, 0.05) is 13.2 Å². The van der Waals surface area contributed by atoms with Crippen molar-refractivity contribution in [3.05, 3.63) is 39.3 Å². The summed E-state index contributed by atoms with van der Waals surface area (Å²) in [7, 11) is 1.78. The number of nitrogens with zero attached hydrogens (tertiary/aromatic N) is 2. The molecule has 2 heterocycles. The fourth-order valence-corrected chi connectivity index (χ4v) is 2.12. The van der Waals surface area contributed by atoms with Gasteiger partial charge in [-0.05, 0) is 12.1 Å². The Hall–Kier alpha value is -1.13. The number of ketones is 1. The van der Waals surface area contributed by atoms with Crippen molar-refractivity contribution in [1.29, 1.82) is 0 Å². The summed E-state index contributed by atoms with van der Waals surface area (Å²) < 4.78 is 2.22. The van der Waals surface area contributed by atoms with Crippen LogP contribution in [-0.2, 0) is 7.05 Å². The molecule has 2 aromatic heterocycles. The van der Waals surface area contributed by atoms with E-state index in [9.17, 15) is 4.79 Å². The maximum Gasteiger partial charge on any atom is 0.206 e. The molecule has 0 bridgehead atoms. The van der Waals surface area contributed by atoms with E-state index in [1.807, 2.05) is 0 Å². The highest BCUT2D eigenvalue weighted by Crippen LogP contribution is 2.23. The van der Waals surface area contributed by atoms with E-state index >= 15 is 0 Å². The van der Waals surface area contributed by atoms with Crippen molar-refractivity contribution >= 4 is 28.7 Å². The zero-order valence-electron chi connectivity index (χ0n) is 7.40. The molecule has 0 atom stereocenters. The Morgan fingerprint density at radius 2 is 2.36 bits per heavy atom. The standard InChI is InChI=1S/C9H7ClN2OS/c1-12-5-6(4-11-12)9(13)7-2-3-8(10)14-7/h2-5H,1H3. The Morgan fingerprint density at radius 3 is 2.86 bits per heavy atom. The normalized spacial score (nSPS) is 10.4. The highest BCUT2D eigenvalue weighted by molar-refractivity contribution is 7.18. The van der Waals surface area contributed by atoms with Crippen molar-refractivity contribution in [2.24, 2.45) is 7.05 Å². The summed E-state index contributed by atoms with van der Waals surface area (Å²) in [6.07, 6.45) is 3.24. The largest absolute Gasteiger partial charge is 0.288 e. The molecule has 0 aliphatic heterocycles. The lowest BCUT2D eigenvalue weighted by Crippen LogP contribution is -1.96. The highest BCUT2D eigenvalue weighted by Gasteiger charge is 2.12. The number of aryl methyl sites for hydroxylation is 1. The van der Waals surface area contributed by atoms with Gasteiger partial charge in [0.15, 0.2) is 0 Å². The molecule has 0 fully saturated rings. The average Bonchev–Trinajstić information content (AvgIpc) is 2.73. The van der Waals surface area contributed by atoms with E-state index in [0.29, 0.717) is 14.8 Å². The lowest BCUT2D eigenvalue weighted by molar-refractivity contribution is 0.104. The van der Waals surface area contributed by atoms with Crippen LogP contribution in [0.3, 0.4) is 0 Å². The maximum absolute atomic E-state index is 11.8. The smallest absolute Gasteiger partial charge is 0.206 e. The third kappa shape index (κ3) is 1.71. The molecule has 3 nitrogen and oxygen atoms in total. The number of aromatic nitrogens is 2. The van der Waals surface area contributed by atoms with E-state index in [-0.39, 0.29) is 5.78 Å². The van der Waals surface area contributed by atoms with Crippen molar-refractivity contribution in [1.82, 2.24) is 9.78 Å². The number of thiophene rings is 1. The first-order valence-corrected chi connectivity index (χ1v) is 5.15. The van der Waals surface area contributed by atoms with Gasteiger partial charge in [-0.15, -0.1) is 11.3 Å². The zero-order chi connectivity index (χ0) is 10.1. The van der Waals surface area contributed by atoms with Crippen molar-refractivity contribution in [3.63, 3.8) is 0 Å². The van der Waals surface area contributed by atoms with Crippen molar-refractivity contribution in [2.45, 2.75) is 0 Å². The van der Waals surface area contributed by atoms with E-state index in [4.69, 9.17) is 11.6 Å². The van der Waals surface area contributed by atoms with Crippen LogP contribution in [0.15, 0.2) is 24.5 Å². The fraction of sp³-hybridized carbons (Fsp3) is 0.111. The lowest BCUT2D eigenvalue weighted by atomic mass is 10.2. The Kier molecular flexibility index (Phi) is 2.39. The predicted molar refractivity (Wildman–Crippen MR) is 56.0 cm³/mol. The fourth-order valence-electron chi connectivity index (χ4n) is 1.12. The minimum absolute atomic E-state index is 0.0324. The molecular formula is C9H7ClN2OS. The molecular weight excluding hydrogens is 220 g/mol. The third-order valence-corrected chi connectivity index (χ3v) is 2.99. The van der Waals surface area contributed by atoms with Gasteiger partial charge in [0.2, 0.25) is 5.78 Å². The second-order valence-electron chi connectivity index (χ2n) is 2.84. The average molecular weight is 227 g/mol. The number of halogens is 1. The monoisotopic (exact) mass is 226 g/mol. The molecule has 0 amide bonds. The molecule has 14 heavy (non-hydrogen) atoms. The summed E-state index contributed by atoms with van der Waals surface area (Å²) in [6, 6.07) is 3.44. The first kappa shape index (κ1) is 9.43. The first-order chi connectivity index (χ1) is 6.66. The quantitative estimate of drug-likeness (QED) is 0.737. The van der Waals surface area contributed by atoms with E-state index in [1.165, 1.54) is 11.3 Å². The second kappa shape index (κ2) is 3.55. The van der Waals surface area contributed by atoms with E-state index in [0.717, 1.165) is 0 Å². The van der Waals surface area contributed by atoms with Crippen LogP contribution in [0.2, 0.25) is 4.34 Å². The van der Waals surface area contributed by atoms with E-state index in [2.05, 4.69) is 5.10 Å². The Bertz CT molecular complexity index is 432. The highest BCUT2D eigenvalue weighted by atomic mass is 35.5. The molecule has 0 aromatic carbocycles. The summed E-state index contributed by atoms with van der Waals surface area (Å²) in [6.45, 7) is 0. The molecule has 0 aliphatic carbocycles. The molecule has 2 aromatic rings. The second-order valence-corrected chi connectivity index (χ2v) is 4.55. The molecule has 0 saturated carbocycles. The van der Waals surface area contributed by atoms with Crippen LogP contribution in [0.4, 0.5) is 0 Å². The minimum atomic E-state index is -0.0324. The molecule has 0 aliphatic rings. The van der Waals surface area contributed by atoms with Crippen LogP contribution >= 0.6 is 22.9 Å². The number of hydrogen-bond acceptors (Lipinski definition) is 3. The number of carbonyl (C=O) groups is 1. The molecule has 0 spiro atoms. The van der Waals surface area contributed by atoms with Gasteiger partial charge in [-0.1, -0.05) is 11.6 Å². The van der Waals surface area contributed by atoms with Crippen LogP contribution in [-0.4, -0.2) is 15.6 Å². The Labute approximate surface area is 89.9 Å². The minimum Gasteiger partial charge on any atom is -0.288 e. The first-order valence-electron chi connectivity index (χ1n) is 3.95. The van der Waals surface area contributed by atoms with Crippen LogP contribution in [0.5, 0.6) is 0 Å². The summed E-state index contributed by atoms with van der Waals surface area (Å²) >= 11 is 7.02. The number of rotatable bonds is 2. The van der Waals surface area contributed by atoms with E-state index < -0.39 is 0 Å². The van der Waals surface area contributed by atoms with Crippen LogP contribution in [0.1, 0.15) is 15.2 Å². The predicted octanol–water partition coefficient (Wildman–Crippen LogP) is 2.37. The summed E-state index contributed by atoms with van der Waals surface area (Å²) in [5.41, 5.74) is 0.589. The zero-order valence-corrected chi connectivity index (χ0v) is 8.97. The number of carbonyl (C=O) groups excluding carboxylic acids is 1. The van der Waals surface area contributed by atoms with Crippen molar-refractivity contribution in [2.75, 3.05) is 0 Å². The molecule has 0 N–H and O–H groups in total. The summed E-state index contributed by atoms with van der Waals surface area (Å²) in [5, 5.41) is 3.94. The van der Waals surface area contributed by atoms with Crippen LogP contribution in [0.25, 0.3) is 0 Å². The van der Waals surface area contributed by atoms with Gasteiger partial charge in [-0.25, -0.2) is 0 Å². The van der Waals surface area contributed by atoms with Gasteiger partial charge in [0.1, 0.15) is 0 Å². The SMILES string of the molecule is Cn1cc(C(=O)c2ccc(Cl)s2)cn1. The van der Waals surface area contributed by atoms with Gasteiger partial charge in [0.25, 0.3) is 0 Å². The van der Waals surface area contributed by atoms with Gasteiger partial charge >= 0.3 is 0 Å². The van der Waals surface area contributed by atoms with Gasteiger partial charge < -0.3 is 0 Å². The van der Waals surface area contributed by atoms with Crippen molar-refractivity contribution < 1.29 is 4.79 Å². The molecule has 5 heteroatoms. The van der Waals surface area contributed by atoms with Gasteiger partial charge in [0.05, 0.1) is 21.0 Å². The molecule has 0 unspecified atom stereocenters. The van der Waals surface area contributed by atoms with Crippen molar-refractivity contribution in [3.8, 4) is 0 Å². The Morgan fingerprint density at radius 1 is 1.57 bits per heavy atom. The topological polar surface area (TPSA) is 34.9 Å². The molecule has 72 valence electrons. The summed E-state index contributed by atoms with van der Waals surface area (Å²) in [4.78, 5) is 12.4.